The van der Waals surface area contributed by atoms with Crippen LogP contribution in [0.5, 0.6) is 11.5 Å². The molecule has 2 atom stereocenters. The number of ether oxygens (including phenoxy) is 2. The van der Waals surface area contributed by atoms with E-state index in [-0.39, 0.29) is 5.75 Å². The zero-order valence-electron chi connectivity index (χ0n) is 11.3. The molecule has 0 amide bonds. The first-order valence-electron chi connectivity index (χ1n) is 6.99. The summed E-state index contributed by atoms with van der Waals surface area (Å²) >= 11 is 0. The zero-order chi connectivity index (χ0) is 13.2. The quantitative estimate of drug-likeness (QED) is 0.907. The van der Waals surface area contributed by atoms with Crippen LogP contribution in [0.4, 0.5) is 0 Å². The average molecular weight is 263 g/mol. The molecule has 1 aromatic carbocycles. The number of phenols is 1. The molecule has 3 rings (SSSR count). The van der Waals surface area contributed by atoms with Crippen molar-refractivity contribution in [2.24, 2.45) is 0 Å². The highest BCUT2D eigenvalue weighted by atomic mass is 16.5. The van der Waals surface area contributed by atoms with E-state index in [1.807, 2.05) is 12.1 Å². The number of benzene rings is 1. The van der Waals surface area contributed by atoms with Crippen LogP contribution in [0.3, 0.4) is 0 Å². The van der Waals surface area contributed by atoms with Crippen LogP contribution < -0.4 is 4.74 Å². The van der Waals surface area contributed by atoms with Gasteiger partial charge in [-0.3, -0.25) is 4.90 Å². The fraction of sp³-hybridized carbons (Fsp3) is 0.600. The fourth-order valence-electron chi connectivity index (χ4n) is 3.27. The maximum atomic E-state index is 9.84. The number of phenolic OH excluding ortho intramolecular Hbond substituents is 1. The highest BCUT2D eigenvalue weighted by Crippen LogP contribution is 2.32. The van der Waals surface area contributed by atoms with Gasteiger partial charge in [-0.1, -0.05) is 6.07 Å². The second-order valence-electron chi connectivity index (χ2n) is 5.38. The molecular formula is C15H21NO3. The lowest BCUT2D eigenvalue weighted by molar-refractivity contribution is -0.0588. The van der Waals surface area contributed by atoms with Crippen molar-refractivity contribution in [2.45, 2.75) is 38.0 Å². The molecule has 1 aromatic rings. The van der Waals surface area contributed by atoms with Gasteiger partial charge in [-0.25, -0.2) is 0 Å². The van der Waals surface area contributed by atoms with Gasteiger partial charge in [0.1, 0.15) is 0 Å². The van der Waals surface area contributed by atoms with Crippen molar-refractivity contribution in [2.75, 3.05) is 20.3 Å². The second kappa shape index (κ2) is 5.39. The van der Waals surface area contributed by atoms with Gasteiger partial charge < -0.3 is 14.6 Å². The van der Waals surface area contributed by atoms with Gasteiger partial charge in [-0.2, -0.15) is 0 Å². The lowest BCUT2D eigenvalue weighted by Crippen LogP contribution is -2.47. The van der Waals surface area contributed by atoms with Crippen LogP contribution in [-0.4, -0.2) is 42.4 Å². The van der Waals surface area contributed by atoms with Crippen molar-refractivity contribution in [1.29, 1.82) is 0 Å². The Bertz CT molecular complexity index is 449. The van der Waals surface area contributed by atoms with E-state index in [2.05, 4.69) is 4.90 Å². The highest BCUT2D eigenvalue weighted by Gasteiger charge is 2.35. The SMILES string of the molecule is COc1ccc(CN2CCOC3CCCC32)cc1O. The average Bonchev–Trinajstić information content (AvgIpc) is 2.88. The first-order valence-corrected chi connectivity index (χ1v) is 6.99. The largest absolute Gasteiger partial charge is 0.504 e. The van der Waals surface area contributed by atoms with Crippen molar-refractivity contribution in [3.63, 3.8) is 0 Å². The van der Waals surface area contributed by atoms with Crippen molar-refractivity contribution in [1.82, 2.24) is 4.90 Å². The van der Waals surface area contributed by atoms with Gasteiger partial charge in [0.25, 0.3) is 0 Å². The van der Waals surface area contributed by atoms with E-state index >= 15 is 0 Å². The summed E-state index contributed by atoms with van der Waals surface area (Å²) in [6.07, 6.45) is 4.10. The molecule has 2 aliphatic rings. The summed E-state index contributed by atoms with van der Waals surface area (Å²) in [7, 11) is 1.57. The number of hydrogen-bond acceptors (Lipinski definition) is 4. The fourth-order valence-corrected chi connectivity index (χ4v) is 3.27. The Kier molecular flexibility index (Phi) is 3.62. The Morgan fingerprint density at radius 3 is 3.11 bits per heavy atom. The molecule has 2 fully saturated rings. The number of rotatable bonds is 3. The standard InChI is InChI=1S/C15H21NO3/c1-18-15-6-5-11(9-13(15)17)10-16-7-8-19-14-4-2-3-12(14)16/h5-6,9,12,14,17H,2-4,7-8,10H2,1H3. The summed E-state index contributed by atoms with van der Waals surface area (Å²) in [5, 5.41) is 9.84. The summed E-state index contributed by atoms with van der Waals surface area (Å²) in [6, 6.07) is 6.21. The maximum Gasteiger partial charge on any atom is 0.160 e. The molecule has 0 radical (unpaired) electrons. The summed E-state index contributed by atoms with van der Waals surface area (Å²) in [5.41, 5.74) is 1.13. The van der Waals surface area contributed by atoms with Crippen LogP contribution in [-0.2, 0) is 11.3 Å². The Morgan fingerprint density at radius 2 is 2.32 bits per heavy atom. The van der Waals surface area contributed by atoms with E-state index in [9.17, 15) is 5.11 Å². The van der Waals surface area contributed by atoms with Crippen LogP contribution >= 0.6 is 0 Å². The normalized spacial score (nSPS) is 27.2. The topological polar surface area (TPSA) is 41.9 Å². The minimum Gasteiger partial charge on any atom is -0.504 e. The third-order valence-corrected chi connectivity index (χ3v) is 4.23. The molecule has 1 N–H and O–H groups in total. The van der Waals surface area contributed by atoms with Crippen LogP contribution in [0, 0.1) is 0 Å². The van der Waals surface area contributed by atoms with E-state index < -0.39 is 0 Å². The molecule has 0 bridgehead atoms. The number of hydrogen-bond donors (Lipinski definition) is 1. The third-order valence-electron chi connectivity index (χ3n) is 4.23. The molecule has 1 aliphatic heterocycles. The van der Waals surface area contributed by atoms with Gasteiger partial charge in [-0.15, -0.1) is 0 Å². The van der Waals surface area contributed by atoms with Gasteiger partial charge in [0.15, 0.2) is 11.5 Å². The Labute approximate surface area is 113 Å². The zero-order valence-corrected chi connectivity index (χ0v) is 11.3. The van der Waals surface area contributed by atoms with Crippen molar-refractivity contribution >= 4 is 0 Å². The Balaban J connectivity index is 1.72. The van der Waals surface area contributed by atoms with E-state index in [1.54, 1.807) is 13.2 Å². The van der Waals surface area contributed by atoms with Crippen LogP contribution in [0.1, 0.15) is 24.8 Å². The van der Waals surface area contributed by atoms with E-state index in [0.29, 0.717) is 17.9 Å². The van der Waals surface area contributed by atoms with E-state index in [4.69, 9.17) is 9.47 Å². The molecular weight excluding hydrogens is 242 g/mol. The Morgan fingerprint density at radius 1 is 1.42 bits per heavy atom. The monoisotopic (exact) mass is 263 g/mol. The summed E-state index contributed by atoms with van der Waals surface area (Å²) in [5.74, 6) is 0.751. The number of aromatic hydroxyl groups is 1. The predicted octanol–water partition coefficient (Wildman–Crippen LogP) is 2.15. The first kappa shape index (κ1) is 12.8. The molecule has 1 aliphatic carbocycles. The molecule has 4 heteroatoms. The highest BCUT2D eigenvalue weighted by molar-refractivity contribution is 5.41. The molecule has 0 spiro atoms. The number of nitrogens with zero attached hydrogens (tertiary/aromatic N) is 1. The molecule has 1 saturated carbocycles. The minimum absolute atomic E-state index is 0.219. The lowest BCUT2D eigenvalue weighted by atomic mass is 10.1. The minimum atomic E-state index is 0.219. The molecule has 0 aromatic heterocycles. The molecule has 1 saturated heterocycles. The van der Waals surface area contributed by atoms with E-state index in [0.717, 1.165) is 25.3 Å². The van der Waals surface area contributed by atoms with Crippen molar-refractivity contribution in [3.05, 3.63) is 23.8 Å². The second-order valence-corrected chi connectivity index (χ2v) is 5.38. The summed E-state index contributed by atoms with van der Waals surface area (Å²) in [4.78, 5) is 2.49. The lowest BCUT2D eigenvalue weighted by Gasteiger charge is -2.37. The van der Waals surface area contributed by atoms with Gasteiger partial charge in [-0.05, 0) is 37.0 Å². The van der Waals surface area contributed by atoms with Gasteiger partial charge in [0.2, 0.25) is 0 Å². The van der Waals surface area contributed by atoms with Crippen LogP contribution in [0.25, 0.3) is 0 Å². The molecule has 2 unspecified atom stereocenters. The van der Waals surface area contributed by atoms with Gasteiger partial charge in [0.05, 0.1) is 19.8 Å². The first-order chi connectivity index (χ1) is 9.28. The van der Waals surface area contributed by atoms with Crippen LogP contribution in [0.2, 0.25) is 0 Å². The molecule has 1 heterocycles. The summed E-state index contributed by atoms with van der Waals surface area (Å²) in [6.45, 7) is 2.68. The maximum absolute atomic E-state index is 9.84. The molecule has 4 nitrogen and oxygen atoms in total. The summed E-state index contributed by atoms with van der Waals surface area (Å²) < 4.78 is 10.9. The number of morpholine rings is 1. The van der Waals surface area contributed by atoms with E-state index in [1.165, 1.54) is 19.3 Å². The smallest absolute Gasteiger partial charge is 0.160 e. The van der Waals surface area contributed by atoms with Crippen LogP contribution in [0.15, 0.2) is 18.2 Å². The Hall–Kier alpha value is -1.26. The number of methoxy groups -OCH3 is 1. The number of fused-ring (bicyclic) bond motifs is 1. The predicted molar refractivity (Wildman–Crippen MR) is 72.4 cm³/mol. The molecule has 104 valence electrons. The van der Waals surface area contributed by atoms with Crippen molar-refractivity contribution < 1.29 is 14.6 Å². The third kappa shape index (κ3) is 2.55. The van der Waals surface area contributed by atoms with Gasteiger partial charge >= 0.3 is 0 Å². The van der Waals surface area contributed by atoms with Crippen molar-refractivity contribution in [3.8, 4) is 11.5 Å². The molecule has 19 heavy (non-hydrogen) atoms. The van der Waals surface area contributed by atoms with Gasteiger partial charge in [0, 0.05) is 19.1 Å².